The Bertz CT molecular complexity index is 437. The number of hydrogen-bond donors (Lipinski definition) is 0. The van der Waals surface area contributed by atoms with Crippen LogP contribution in [-0.4, -0.2) is 11.3 Å². The second kappa shape index (κ2) is 3.83. The largest absolute Gasteiger partial charge is 0.298 e. The summed E-state index contributed by atoms with van der Waals surface area (Å²) >= 11 is 0. The number of aromatic nitrogens is 1. The zero-order chi connectivity index (χ0) is 9.80. The smallest absolute Gasteiger partial charge is 0.152 e. The van der Waals surface area contributed by atoms with E-state index in [1.807, 2.05) is 36.4 Å². The molecule has 2 rings (SSSR count). The fourth-order valence-corrected chi connectivity index (χ4v) is 1.38. The molecule has 14 heavy (non-hydrogen) atoms. The number of hydrogen-bond acceptors (Lipinski definition) is 2. The third-order valence-corrected chi connectivity index (χ3v) is 2.06. The number of aldehydes is 1. The number of carbonyl (C=O) groups is 1. The summed E-state index contributed by atoms with van der Waals surface area (Å²) in [6.07, 6.45) is 4.10. The maximum absolute atomic E-state index is 10.8. The fraction of sp³-hybridized carbons (Fsp3) is 0. The molecule has 2 nitrogen and oxygen atoms in total. The zero-order valence-corrected chi connectivity index (χ0v) is 7.55. The number of benzene rings is 1. The monoisotopic (exact) mass is 183 g/mol. The summed E-state index contributed by atoms with van der Waals surface area (Å²) in [5, 5.41) is 0. The predicted molar refractivity (Wildman–Crippen MR) is 55.1 cm³/mol. The summed E-state index contributed by atoms with van der Waals surface area (Å²) < 4.78 is 0. The van der Waals surface area contributed by atoms with E-state index in [4.69, 9.17) is 0 Å². The topological polar surface area (TPSA) is 30.0 Å². The van der Waals surface area contributed by atoms with E-state index < -0.39 is 0 Å². The van der Waals surface area contributed by atoms with Crippen molar-refractivity contribution in [2.24, 2.45) is 0 Å². The number of nitrogens with zero attached hydrogens (tertiary/aromatic N) is 1. The van der Waals surface area contributed by atoms with Crippen LogP contribution in [0.25, 0.3) is 11.1 Å². The average molecular weight is 183 g/mol. The lowest BCUT2D eigenvalue weighted by molar-refractivity contribution is 0.112. The van der Waals surface area contributed by atoms with Crippen LogP contribution < -0.4 is 0 Å². The van der Waals surface area contributed by atoms with Gasteiger partial charge in [0, 0.05) is 18.0 Å². The van der Waals surface area contributed by atoms with Crippen molar-refractivity contribution in [1.29, 1.82) is 0 Å². The number of rotatable bonds is 2. The highest BCUT2D eigenvalue weighted by molar-refractivity contribution is 5.86. The Morgan fingerprint density at radius 1 is 1.07 bits per heavy atom. The van der Waals surface area contributed by atoms with Crippen LogP contribution in [0.3, 0.4) is 0 Å². The molecule has 1 heterocycles. The highest BCUT2D eigenvalue weighted by Gasteiger charge is 2.02. The molecule has 0 fully saturated rings. The van der Waals surface area contributed by atoms with Crippen LogP contribution in [0.5, 0.6) is 0 Å². The number of pyridine rings is 1. The molecule has 0 saturated heterocycles. The molecule has 0 aliphatic heterocycles. The highest BCUT2D eigenvalue weighted by Crippen LogP contribution is 2.20. The molecule has 0 radical (unpaired) electrons. The molecule has 0 saturated carbocycles. The minimum absolute atomic E-state index is 0.624. The lowest BCUT2D eigenvalue weighted by Gasteiger charge is -2.02. The maximum Gasteiger partial charge on any atom is 0.152 e. The van der Waals surface area contributed by atoms with Crippen LogP contribution >= 0.6 is 0 Å². The Morgan fingerprint density at radius 3 is 2.57 bits per heavy atom. The van der Waals surface area contributed by atoms with Gasteiger partial charge in [0.1, 0.15) is 0 Å². The Hall–Kier alpha value is -1.96. The van der Waals surface area contributed by atoms with Crippen molar-refractivity contribution in [3.05, 3.63) is 54.4 Å². The van der Waals surface area contributed by atoms with Crippen LogP contribution in [-0.2, 0) is 0 Å². The van der Waals surface area contributed by atoms with E-state index in [-0.39, 0.29) is 0 Å². The van der Waals surface area contributed by atoms with Crippen molar-refractivity contribution in [1.82, 2.24) is 4.98 Å². The van der Waals surface area contributed by atoms with E-state index in [1.165, 1.54) is 0 Å². The minimum Gasteiger partial charge on any atom is -0.298 e. The molecule has 0 spiro atoms. The van der Waals surface area contributed by atoms with Crippen LogP contribution in [0.15, 0.2) is 48.8 Å². The lowest BCUT2D eigenvalue weighted by Crippen LogP contribution is -1.87. The third kappa shape index (κ3) is 1.55. The molecule has 68 valence electrons. The van der Waals surface area contributed by atoms with E-state index in [2.05, 4.69) is 4.98 Å². The second-order valence-corrected chi connectivity index (χ2v) is 2.95. The van der Waals surface area contributed by atoms with Gasteiger partial charge < -0.3 is 0 Å². The van der Waals surface area contributed by atoms with Gasteiger partial charge in [-0.05, 0) is 17.2 Å². The maximum atomic E-state index is 10.8. The van der Waals surface area contributed by atoms with Crippen molar-refractivity contribution >= 4 is 6.29 Å². The molecule has 2 aromatic rings. The minimum atomic E-state index is 0.624. The van der Waals surface area contributed by atoms with Gasteiger partial charge in [-0.3, -0.25) is 9.78 Å². The molecule has 2 heteroatoms. The van der Waals surface area contributed by atoms with E-state index in [0.717, 1.165) is 17.4 Å². The second-order valence-electron chi connectivity index (χ2n) is 2.95. The Balaban J connectivity index is 2.57. The molecule has 0 aliphatic carbocycles. The lowest BCUT2D eigenvalue weighted by atomic mass is 10.0. The molecule has 1 aromatic heterocycles. The molecule has 0 unspecified atom stereocenters. The third-order valence-electron chi connectivity index (χ3n) is 2.06. The first-order valence-electron chi connectivity index (χ1n) is 4.36. The molecule has 0 aliphatic rings. The van der Waals surface area contributed by atoms with Crippen LogP contribution in [0, 0.1) is 0 Å². The molecule has 0 bridgehead atoms. The van der Waals surface area contributed by atoms with Crippen LogP contribution in [0.1, 0.15) is 10.4 Å². The molecular formula is C12H9NO. The fourth-order valence-electron chi connectivity index (χ4n) is 1.38. The molecule has 0 amide bonds. The Labute approximate surface area is 82.2 Å². The van der Waals surface area contributed by atoms with Gasteiger partial charge in [0.2, 0.25) is 0 Å². The summed E-state index contributed by atoms with van der Waals surface area (Å²) in [5.41, 5.74) is 2.59. The van der Waals surface area contributed by atoms with Gasteiger partial charge in [-0.25, -0.2) is 0 Å². The van der Waals surface area contributed by atoms with Crippen molar-refractivity contribution in [2.75, 3.05) is 0 Å². The van der Waals surface area contributed by atoms with Crippen molar-refractivity contribution in [3.8, 4) is 11.1 Å². The summed E-state index contributed by atoms with van der Waals surface area (Å²) in [6.45, 7) is 0. The quantitative estimate of drug-likeness (QED) is 0.670. The Morgan fingerprint density at radius 2 is 1.86 bits per heavy atom. The molecule has 1 aromatic carbocycles. The highest BCUT2D eigenvalue weighted by atomic mass is 16.1. The SMILES string of the molecule is O=Cc1cnccc1-c1ccccc1. The number of carbonyl (C=O) groups excluding carboxylic acids is 1. The Kier molecular flexibility index (Phi) is 2.36. The summed E-state index contributed by atoms with van der Waals surface area (Å²) in [4.78, 5) is 14.7. The van der Waals surface area contributed by atoms with E-state index >= 15 is 0 Å². The zero-order valence-electron chi connectivity index (χ0n) is 7.55. The first-order valence-corrected chi connectivity index (χ1v) is 4.36. The first kappa shape index (κ1) is 8.63. The average Bonchev–Trinajstić information content (AvgIpc) is 2.30. The summed E-state index contributed by atoms with van der Waals surface area (Å²) in [5.74, 6) is 0. The van der Waals surface area contributed by atoms with Crippen LogP contribution in [0.2, 0.25) is 0 Å². The molecule has 0 atom stereocenters. The van der Waals surface area contributed by atoms with Gasteiger partial charge in [0.05, 0.1) is 0 Å². The van der Waals surface area contributed by atoms with E-state index in [9.17, 15) is 4.79 Å². The van der Waals surface area contributed by atoms with Gasteiger partial charge in [-0.2, -0.15) is 0 Å². The van der Waals surface area contributed by atoms with Gasteiger partial charge in [0.25, 0.3) is 0 Å². The standard InChI is InChI=1S/C12H9NO/c14-9-11-8-13-7-6-12(11)10-4-2-1-3-5-10/h1-9H. The molecule has 0 N–H and O–H groups in total. The van der Waals surface area contributed by atoms with Crippen molar-refractivity contribution in [3.63, 3.8) is 0 Å². The van der Waals surface area contributed by atoms with Gasteiger partial charge in [-0.1, -0.05) is 30.3 Å². The first-order chi connectivity index (χ1) is 6.92. The van der Waals surface area contributed by atoms with Gasteiger partial charge in [-0.15, -0.1) is 0 Å². The molecular weight excluding hydrogens is 174 g/mol. The van der Waals surface area contributed by atoms with E-state index in [1.54, 1.807) is 12.4 Å². The normalized spacial score (nSPS) is 9.71. The van der Waals surface area contributed by atoms with Crippen molar-refractivity contribution < 1.29 is 4.79 Å². The van der Waals surface area contributed by atoms with Crippen LogP contribution in [0.4, 0.5) is 0 Å². The summed E-state index contributed by atoms with van der Waals surface area (Å²) in [6, 6.07) is 11.6. The van der Waals surface area contributed by atoms with Gasteiger partial charge in [0.15, 0.2) is 6.29 Å². The van der Waals surface area contributed by atoms with Gasteiger partial charge >= 0.3 is 0 Å². The van der Waals surface area contributed by atoms with E-state index in [0.29, 0.717) is 5.56 Å². The predicted octanol–water partition coefficient (Wildman–Crippen LogP) is 2.56. The van der Waals surface area contributed by atoms with Crippen molar-refractivity contribution in [2.45, 2.75) is 0 Å². The summed E-state index contributed by atoms with van der Waals surface area (Å²) in [7, 11) is 0.